The maximum absolute atomic E-state index is 3.97. The zero-order chi connectivity index (χ0) is 7.23. The first kappa shape index (κ1) is 6.79. The molecule has 1 aromatic rings. The lowest BCUT2D eigenvalue weighted by Crippen LogP contribution is -1.79. The van der Waals surface area contributed by atoms with E-state index >= 15 is 0 Å². The summed E-state index contributed by atoms with van der Waals surface area (Å²) < 4.78 is 0. The monoisotopic (exact) mass is 131 g/mol. The molecule has 0 aromatic carbocycles. The molecule has 10 heavy (non-hydrogen) atoms. The quantitative estimate of drug-likeness (QED) is 0.559. The SMILES string of the molecule is C=C=CCc1cccnc1. The molecule has 0 saturated carbocycles. The lowest BCUT2D eigenvalue weighted by Gasteiger charge is -1.90. The number of hydrogen-bond donors (Lipinski definition) is 0. The zero-order valence-electron chi connectivity index (χ0n) is 5.75. The van der Waals surface area contributed by atoms with Crippen LogP contribution in [0, 0.1) is 0 Å². The molecule has 0 spiro atoms. The van der Waals surface area contributed by atoms with Crippen LogP contribution in [-0.2, 0) is 6.42 Å². The maximum Gasteiger partial charge on any atom is 0.0303 e. The fourth-order valence-electron chi connectivity index (χ4n) is 0.709. The minimum Gasteiger partial charge on any atom is -0.264 e. The first-order valence-corrected chi connectivity index (χ1v) is 3.16. The van der Waals surface area contributed by atoms with Crippen molar-refractivity contribution in [3.8, 4) is 0 Å². The normalized spacial score (nSPS) is 8.40. The molecule has 0 bridgehead atoms. The molecule has 0 amide bonds. The third kappa shape index (κ3) is 1.88. The van der Waals surface area contributed by atoms with Gasteiger partial charge in [0.2, 0.25) is 0 Å². The minimum atomic E-state index is 0.872. The van der Waals surface area contributed by atoms with Crippen molar-refractivity contribution in [3.63, 3.8) is 0 Å². The number of rotatable bonds is 2. The van der Waals surface area contributed by atoms with Gasteiger partial charge in [0, 0.05) is 12.4 Å². The van der Waals surface area contributed by atoms with Crippen LogP contribution in [0.3, 0.4) is 0 Å². The van der Waals surface area contributed by atoms with Crippen molar-refractivity contribution in [2.75, 3.05) is 0 Å². The van der Waals surface area contributed by atoms with Gasteiger partial charge in [-0.1, -0.05) is 12.6 Å². The van der Waals surface area contributed by atoms with E-state index in [1.165, 1.54) is 5.56 Å². The molecule has 1 heteroatoms. The molecule has 0 unspecified atom stereocenters. The number of nitrogens with zero attached hydrogens (tertiary/aromatic N) is 1. The summed E-state index contributed by atoms with van der Waals surface area (Å²) >= 11 is 0. The van der Waals surface area contributed by atoms with Gasteiger partial charge in [-0.05, 0) is 24.1 Å². The van der Waals surface area contributed by atoms with Gasteiger partial charge >= 0.3 is 0 Å². The van der Waals surface area contributed by atoms with E-state index < -0.39 is 0 Å². The van der Waals surface area contributed by atoms with E-state index in [4.69, 9.17) is 0 Å². The van der Waals surface area contributed by atoms with Gasteiger partial charge in [0.15, 0.2) is 0 Å². The average Bonchev–Trinajstić information content (AvgIpc) is 2.03. The Bertz CT molecular complexity index is 232. The summed E-state index contributed by atoms with van der Waals surface area (Å²) in [6.07, 6.45) is 6.36. The number of hydrogen-bond acceptors (Lipinski definition) is 1. The second-order valence-electron chi connectivity index (χ2n) is 1.97. The third-order valence-electron chi connectivity index (χ3n) is 1.20. The molecule has 0 aliphatic heterocycles. The van der Waals surface area contributed by atoms with Crippen LogP contribution in [0.25, 0.3) is 0 Å². The van der Waals surface area contributed by atoms with Crippen molar-refractivity contribution >= 4 is 0 Å². The lowest BCUT2D eigenvalue weighted by molar-refractivity contribution is 1.19. The van der Waals surface area contributed by atoms with E-state index in [1.54, 1.807) is 6.20 Å². The van der Waals surface area contributed by atoms with Crippen LogP contribution < -0.4 is 0 Å². The van der Waals surface area contributed by atoms with Gasteiger partial charge in [0.05, 0.1) is 0 Å². The standard InChI is InChI=1S/C9H9N/c1-2-3-5-9-6-4-7-10-8-9/h3-4,6-8H,1,5H2. The van der Waals surface area contributed by atoms with Gasteiger partial charge in [-0.15, -0.1) is 5.73 Å². The maximum atomic E-state index is 3.97. The summed E-state index contributed by atoms with van der Waals surface area (Å²) in [7, 11) is 0. The Morgan fingerprint density at radius 1 is 1.70 bits per heavy atom. The van der Waals surface area contributed by atoms with Crippen molar-refractivity contribution in [3.05, 3.63) is 48.5 Å². The van der Waals surface area contributed by atoms with Crippen molar-refractivity contribution in [1.82, 2.24) is 4.98 Å². The highest BCUT2D eigenvalue weighted by Gasteiger charge is 1.84. The predicted molar refractivity (Wildman–Crippen MR) is 41.7 cm³/mol. The van der Waals surface area contributed by atoms with Crippen LogP contribution in [-0.4, -0.2) is 4.98 Å². The first-order chi connectivity index (χ1) is 4.93. The highest BCUT2D eigenvalue weighted by Crippen LogP contribution is 1.96. The molecule has 1 rings (SSSR count). The fraction of sp³-hybridized carbons (Fsp3) is 0.111. The molecule has 1 heterocycles. The summed E-state index contributed by atoms with van der Waals surface area (Å²) in [6, 6.07) is 3.95. The lowest BCUT2D eigenvalue weighted by atomic mass is 10.2. The Morgan fingerprint density at radius 3 is 3.20 bits per heavy atom. The van der Waals surface area contributed by atoms with Crippen LogP contribution >= 0.6 is 0 Å². The summed E-state index contributed by atoms with van der Waals surface area (Å²) in [5.74, 6) is 0. The van der Waals surface area contributed by atoms with Gasteiger partial charge in [-0.2, -0.15) is 0 Å². The number of pyridine rings is 1. The Balaban J connectivity index is 2.67. The number of aromatic nitrogens is 1. The first-order valence-electron chi connectivity index (χ1n) is 3.16. The summed E-state index contributed by atoms with van der Waals surface area (Å²) in [6.45, 7) is 3.47. The van der Waals surface area contributed by atoms with Crippen LogP contribution in [0.5, 0.6) is 0 Å². The van der Waals surface area contributed by atoms with Crippen molar-refractivity contribution in [2.45, 2.75) is 6.42 Å². The molecule has 1 aromatic heterocycles. The fourth-order valence-corrected chi connectivity index (χ4v) is 0.709. The zero-order valence-corrected chi connectivity index (χ0v) is 5.75. The van der Waals surface area contributed by atoms with Gasteiger partial charge in [0.1, 0.15) is 0 Å². The van der Waals surface area contributed by atoms with E-state index in [2.05, 4.69) is 17.3 Å². The van der Waals surface area contributed by atoms with E-state index in [0.717, 1.165) is 6.42 Å². The minimum absolute atomic E-state index is 0.872. The highest BCUT2D eigenvalue weighted by molar-refractivity contribution is 5.11. The molecule has 0 saturated heterocycles. The van der Waals surface area contributed by atoms with Gasteiger partial charge in [-0.25, -0.2) is 0 Å². The van der Waals surface area contributed by atoms with E-state index in [0.29, 0.717) is 0 Å². The molecule has 50 valence electrons. The van der Waals surface area contributed by atoms with E-state index in [9.17, 15) is 0 Å². The summed E-state index contributed by atoms with van der Waals surface area (Å²) in [4.78, 5) is 3.97. The van der Waals surface area contributed by atoms with Crippen LogP contribution in [0.15, 0.2) is 42.9 Å². The van der Waals surface area contributed by atoms with Crippen LogP contribution in [0.4, 0.5) is 0 Å². The molecule has 0 atom stereocenters. The molecular weight excluding hydrogens is 122 g/mol. The van der Waals surface area contributed by atoms with Gasteiger partial charge in [-0.3, -0.25) is 4.98 Å². The Morgan fingerprint density at radius 2 is 2.60 bits per heavy atom. The molecule has 0 aliphatic carbocycles. The van der Waals surface area contributed by atoms with Crippen molar-refractivity contribution in [1.29, 1.82) is 0 Å². The highest BCUT2D eigenvalue weighted by atomic mass is 14.6. The molecule has 0 fully saturated rings. The molecule has 0 aliphatic rings. The Hall–Kier alpha value is -1.33. The predicted octanol–water partition coefficient (Wildman–Crippen LogP) is 1.97. The molecule has 1 nitrogen and oxygen atoms in total. The summed E-state index contributed by atoms with van der Waals surface area (Å²) in [5, 5.41) is 0. The van der Waals surface area contributed by atoms with E-state index in [1.807, 2.05) is 24.4 Å². The third-order valence-corrected chi connectivity index (χ3v) is 1.20. The van der Waals surface area contributed by atoms with E-state index in [-0.39, 0.29) is 0 Å². The largest absolute Gasteiger partial charge is 0.264 e. The number of allylic oxidation sites excluding steroid dienone is 1. The van der Waals surface area contributed by atoms with Crippen molar-refractivity contribution < 1.29 is 0 Å². The molecular formula is C9H9N. The van der Waals surface area contributed by atoms with Gasteiger partial charge in [0.25, 0.3) is 0 Å². The average molecular weight is 131 g/mol. The molecule has 0 N–H and O–H groups in total. The smallest absolute Gasteiger partial charge is 0.0303 e. The second-order valence-corrected chi connectivity index (χ2v) is 1.97. The van der Waals surface area contributed by atoms with Crippen molar-refractivity contribution in [2.24, 2.45) is 0 Å². The second kappa shape index (κ2) is 3.65. The topological polar surface area (TPSA) is 12.9 Å². The van der Waals surface area contributed by atoms with Gasteiger partial charge < -0.3 is 0 Å². The molecule has 0 radical (unpaired) electrons. The summed E-state index contributed by atoms with van der Waals surface area (Å²) in [5.41, 5.74) is 3.91. The van der Waals surface area contributed by atoms with Crippen LogP contribution in [0.1, 0.15) is 5.56 Å². The Kier molecular flexibility index (Phi) is 2.48. The Labute approximate surface area is 60.7 Å². The van der Waals surface area contributed by atoms with Crippen LogP contribution in [0.2, 0.25) is 0 Å².